The van der Waals surface area contributed by atoms with Gasteiger partial charge in [0.05, 0.1) is 24.5 Å². The van der Waals surface area contributed by atoms with Crippen LogP contribution in [0.5, 0.6) is 11.5 Å². The molecule has 1 heterocycles. The SMILES string of the molecule is O=C(C=Cc1ccc(OCCN2CCOCC2)c(O)c1)Nc1ccccc1C(=O)O. The molecule has 1 amide bonds. The standard InChI is InChI=1S/C22H24N2O6/c25-19-15-16(5-7-20(19)30-14-11-24-9-12-29-13-10-24)6-8-21(26)23-18-4-2-1-3-17(18)22(27)28/h1-8,15,25H,9-14H2,(H,23,26)(H,27,28). The summed E-state index contributed by atoms with van der Waals surface area (Å²) in [7, 11) is 0. The largest absolute Gasteiger partial charge is 0.504 e. The van der Waals surface area contributed by atoms with Gasteiger partial charge >= 0.3 is 5.97 Å². The first-order chi connectivity index (χ1) is 14.5. The smallest absolute Gasteiger partial charge is 0.337 e. The van der Waals surface area contributed by atoms with Crippen molar-refractivity contribution in [3.05, 3.63) is 59.7 Å². The molecule has 30 heavy (non-hydrogen) atoms. The zero-order chi connectivity index (χ0) is 21.3. The van der Waals surface area contributed by atoms with Crippen LogP contribution in [0.3, 0.4) is 0 Å². The highest BCUT2D eigenvalue weighted by molar-refractivity contribution is 6.06. The second-order valence-electron chi connectivity index (χ2n) is 6.70. The second-order valence-corrected chi connectivity index (χ2v) is 6.70. The molecule has 0 aliphatic carbocycles. The number of phenols is 1. The predicted octanol–water partition coefficient (Wildman–Crippen LogP) is 2.45. The van der Waals surface area contributed by atoms with Gasteiger partial charge in [0.15, 0.2) is 11.5 Å². The first kappa shape index (κ1) is 21.4. The Labute approximate surface area is 174 Å². The van der Waals surface area contributed by atoms with Crippen molar-refractivity contribution in [2.24, 2.45) is 0 Å². The van der Waals surface area contributed by atoms with E-state index in [9.17, 15) is 14.7 Å². The number of rotatable bonds is 8. The van der Waals surface area contributed by atoms with Crippen LogP contribution in [0.1, 0.15) is 15.9 Å². The number of hydrogen-bond donors (Lipinski definition) is 3. The van der Waals surface area contributed by atoms with Crippen molar-refractivity contribution in [1.82, 2.24) is 4.90 Å². The van der Waals surface area contributed by atoms with E-state index in [4.69, 9.17) is 14.6 Å². The number of nitrogens with one attached hydrogen (secondary N) is 1. The highest BCUT2D eigenvalue weighted by Gasteiger charge is 2.12. The Morgan fingerprint density at radius 3 is 2.67 bits per heavy atom. The molecule has 2 aromatic rings. The quantitative estimate of drug-likeness (QED) is 0.572. The number of ether oxygens (including phenoxy) is 2. The van der Waals surface area contributed by atoms with Gasteiger partial charge in [0.2, 0.25) is 5.91 Å². The van der Waals surface area contributed by atoms with Crippen LogP contribution >= 0.6 is 0 Å². The zero-order valence-corrected chi connectivity index (χ0v) is 16.4. The molecule has 0 saturated carbocycles. The summed E-state index contributed by atoms with van der Waals surface area (Å²) >= 11 is 0. The molecule has 3 N–H and O–H groups in total. The summed E-state index contributed by atoms with van der Waals surface area (Å²) < 4.78 is 10.9. The fraction of sp³-hybridized carbons (Fsp3) is 0.273. The Morgan fingerprint density at radius 1 is 1.17 bits per heavy atom. The Hall–Kier alpha value is -3.36. The highest BCUT2D eigenvalue weighted by atomic mass is 16.5. The Morgan fingerprint density at radius 2 is 1.93 bits per heavy atom. The molecule has 8 heteroatoms. The van der Waals surface area contributed by atoms with E-state index in [0.29, 0.717) is 17.9 Å². The molecule has 3 rings (SSSR count). The number of aromatic carboxylic acids is 1. The van der Waals surface area contributed by atoms with Gasteiger partial charge in [-0.05, 0) is 35.9 Å². The molecule has 0 atom stereocenters. The topological polar surface area (TPSA) is 108 Å². The first-order valence-corrected chi connectivity index (χ1v) is 9.60. The van der Waals surface area contributed by atoms with Crippen molar-refractivity contribution in [2.45, 2.75) is 0 Å². The number of phenolic OH excluding ortho intramolecular Hbond substituents is 1. The number of amides is 1. The normalized spacial score (nSPS) is 14.5. The lowest BCUT2D eigenvalue weighted by molar-refractivity contribution is -0.111. The van der Waals surface area contributed by atoms with E-state index < -0.39 is 11.9 Å². The van der Waals surface area contributed by atoms with Crippen molar-refractivity contribution in [2.75, 3.05) is 44.8 Å². The van der Waals surface area contributed by atoms with Gasteiger partial charge in [0, 0.05) is 25.7 Å². The van der Waals surface area contributed by atoms with Crippen LogP contribution in [-0.2, 0) is 9.53 Å². The molecular weight excluding hydrogens is 388 g/mol. The summed E-state index contributed by atoms with van der Waals surface area (Å²) in [6, 6.07) is 11.0. The van der Waals surface area contributed by atoms with Crippen LogP contribution in [0.25, 0.3) is 6.08 Å². The van der Waals surface area contributed by atoms with Gasteiger partial charge in [-0.15, -0.1) is 0 Å². The molecule has 0 radical (unpaired) electrons. The van der Waals surface area contributed by atoms with E-state index in [0.717, 1.165) is 32.8 Å². The third-order valence-electron chi connectivity index (χ3n) is 4.59. The lowest BCUT2D eigenvalue weighted by atomic mass is 10.1. The number of carboxylic acid groups (broad SMARTS) is 1. The van der Waals surface area contributed by atoms with Crippen molar-refractivity contribution in [3.8, 4) is 11.5 Å². The van der Waals surface area contributed by atoms with Crippen molar-refractivity contribution < 1.29 is 29.3 Å². The maximum atomic E-state index is 12.1. The minimum absolute atomic E-state index is 0.00970. The van der Waals surface area contributed by atoms with Crippen LogP contribution < -0.4 is 10.1 Å². The Balaban J connectivity index is 1.53. The van der Waals surface area contributed by atoms with Crippen LogP contribution in [0.4, 0.5) is 5.69 Å². The zero-order valence-electron chi connectivity index (χ0n) is 16.4. The summed E-state index contributed by atoms with van der Waals surface area (Å²) in [5.41, 5.74) is 0.830. The summed E-state index contributed by atoms with van der Waals surface area (Å²) in [6.07, 6.45) is 2.79. The predicted molar refractivity (Wildman–Crippen MR) is 112 cm³/mol. The molecule has 1 fully saturated rings. The molecular formula is C22H24N2O6. The van der Waals surface area contributed by atoms with E-state index in [1.807, 2.05) is 0 Å². The monoisotopic (exact) mass is 412 g/mol. The average molecular weight is 412 g/mol. The number of carbonyl (C=O) groups excluding carboxylic acids is 1. The molecule has 0 unspecified atom stereocenters. The number of benzene rings is 2. The maximum Gasteiger partial charge on any atom is 0.337 e. The Bertz CT molecular complexity index is 922. The molecule has 1 saturated heterocycles. The number of anilines is 1. The second kappa shape index (κ2) is 10.4. The van der Waals surface area contributed by atoms with E-state index in [-0.39, 0.29) is 17.0 Å². The van der Waals surface area contributed by atoms with Crippen molar-refractivity contribution >= 4 is 23.6 Å². The highest BCUT2D eigenvalue weighted by Crippen LogP contribution is 2.27. The van der Waals surface area contributed by atoms with E-state index in [1.165, 1.54) is 30.4 Å². The van der Waals surface area contributed by atoms with Gasteiger partial charge in [-0.25, -0.2) is 4.79 Å². The minimum Gasteiger partial charge on any atom is -0.504 e. The van der Waals surface area contributed by atoms with Crippen LogP contribution in [0, 0.1) is 0 Å². The number of nitrogens with zero attached hydrogens (tertiary/aromatic N) is 1. The molecule has 2 aromatic carbocycles. The molecule has 0 spiro atoms. The number of hydrogen-bond acceptors (Lipinski definition) is 6. The maximum absolute atomic E-state index is 12.1. The van der Waals surface area contributed by atoms with E-state index in [1.54, 1.807) is 24.3 Å². The first-order valence-electron chi connectivity index (χ1n) is 9.60. The third kappa shape index (κ3) is 6.07. The number of morpholine rings is 1. The minimum atomic E-state index is -1.12. The van der Waals surface area contributed by atoms with Crippen LogP contribution in [-0.4, -0.2) is 66.4 Å². The third-order valence-corrected chi connectivity index (χ3v) is 4.59. The molecule has 0 aromatic heterocycles. The van der Waals surface area contributed by atoms with Crippen LogP contribution in [0.2, 0.25) is 0 Å². The summed E-state index contributed by atoms with van der Waals surface area (Å²) in [4.78, 5) is 25.5. The van der Waals surface area contributed by atoms with E-state index in [2.05, 4.69) is 10.2 Å². The number of carboxylic acids is 1. The fourth-order valence-corrected chi connectivity index (χ4v) is 2.99. The number of aromatic hydroxyl groups is 1. The van der Waals surface area contributed by atoms with E-state index >= 15 is 0 Å². The molecule has 8 nitrogen and oxygen atoms in total. The Kier molecular flexibility index (Phi) is 7.42. The van der Waals surface area contributed by atoms with Crippen molar-refractivity contribution in [1.29, 1.82) is 0 Å². The molecule has 158 valence electrons. The van der Waals surface area contributed by atoms with Gasteiger partial charge < -0.3 is 25.0 Å². The fourth-order valence-electron chi connectivity index (χ4n) is 2.99. The van der Waals surface area contributed by atoms with Gasteiger partial charge in [0.25, 0.3) is 0 Å². The molecule has 0 bridgehead atoms. The van der Waals surface area contributed by atoms with Gasteiger partial charge in [-0.2, -0.15) is 0 Å². The molecule has 1 aliphatic rings. The van der Waals surface area contributed by atoms with Gasteiger partial charge in [-0.1, -0.05) is 18.2 Å². The lowest BCUT2D eigenvalue weighted by Crippen LogP contribution is -2.38. The summed E-state index contributed by atoms with van der Waals surface area (Å²) in [5.74, 6) is -1.24. The summed E-state index contributed by atoms with van der Waals surface area (Å²) in [5, 5.41) is 21.9. The van der Waals surface area contributed by atoms with Gasteiger partial charge in [-0.3, -0.25) is 9.69 Å². The summed E-state index contributed by atoms with van der Waals surface area (Å²) in [6.45, 7) is 4.40. The number of carbonyl (C=O) groups is 2. The number of para-hydroxylation sites is 1. The lowest BCUT2D eigenvalue weighted by Gasteiger charge is -2.26. The van der Waals surface area contributed by atoms with Gasteiger partial charge in [0.1, 0.15) is 6.61 Å². The average Bonchev–Trinajstić information content (AvgIpc) is 2.74. The van der Waals surface area contributed by atoms with Crippen molar-refractivity contribution in [3.63, 3.8) is 0 Å². The van der Waals surface area contributed by atoms with Crippen LogP contribution in [0.15, 0.2) is 48.5 Å². The molecule has 1 aliphatic heterocycles.